The van der Waals surface area contributed by atoms with Crippen LogP contribution in [0.1, 0.15) is 38.2 Å². The highest BCUT2D eigenvalue weighted by molar-refractivity contribution is 5.18. The molecule has 0 aliphatic heterocycles. The summed E-state index contributed by atoms with van der Waals surface area (Å²) in [5.41, 5.74) is 0.542. The molecule has 2 atom stereocenters. The van der Waals surface area contributed by atoms with Gasteiger partial charge in [-0.2, -0.15) is 0 Å². The van der Waals surface area contributed by atoms with Crippen LogP contribution in [0.25, 0.3) is 0 Å². The van der Waals surface area contributed by atoms with Gasteiger partial charge in [-0.25, -0.2) is 8.78 Å². The number of benzene rings is 1. The van der Waals surface area contributed by atoms with E-state index in [0.717, 1.165) is 18.5 Å². The molecule has 1 nitrogen and oxygen atoms in total. The standard InChI is InChI=1S/C15H21F2N/c1-11-3-2-4-12(7-11)9-18-10-13-5-6-14(16)8-15(13)17/h5-6,8,11-12,18H,2-4,7,9-10H2,1H3. The second-order valence-corrected chi connectivity index (χ2v) is 5.50. The van der Waals surface area contributed by atoms with Crippen molar-refractivity contribution in [1.82, 2.24) is 5.32 Å². The smallest absolute Gasteiger partial charge is 0.130 e. The first-order chi connectivity index (χ1) is 8.65. The highest BCUT2D eigenvalue weighted by Crippen LogP contribution is 2.27. The van der Waals surface area contributed by atoms with Gasteiger partial charge in [-0.3, -0.25) is 0 Å². The van der Waals surface area contributed by atoms with Crippen LogP contribution in [0.3, 0.4) is 0 Å². The van der Waals surface area contributed by atoms with Crippen LogP contribution in [-0.2, 0) is 6.54 Å². The summed E-state index contributed by atoms with van der Waals surface area (Å²) >= 11 is 0. The monoisotopic (exact) mass is 253 g/mol. The molecular formula is C15H21F2N. The van der Waals surface area contributed by atoms with E-state index in [1.54, 1.807) is 0 Å². The van der Waals surface area contributed by atoms with Crippen molar-refractivity contribution in [2.45, 2.75) is 39.2 Å². The SMILES string of the molecule is CC1CCCC(CNCc2ccc(F)cc2F)C1. The zero-order chi connectivity index (χ0) is 13.0. The van der Waals surface area contributed by atoms with Crippen LogP contribution in [-0.4, -0.2) is 6.54 Å². The topological polar surface area (TPSA) is 12.0 Å². The molecule has 0 saturated heterocycles. The molecule has 0 bridgehead atoms. The average molecular weight is 253 g/mol. The Hall–Kier alpha value is -0.960. The van der Waals surface area contributed by atoms with E-state index in [9.17, 15) is 8.78 Å². The lowest BCUT2D eigenvalue weighted by atomic mass is 9.82. The van der Waals surface area contributed by atoms with Gasteiger partial charge in [0.2, 0.25) is 0 Å². The summed E-state index contributed by atoms with van der Waals surface area (Å²) in [5, 5.41) is 3.29. The van der Waals surface area contributed by atoms with Gasteiger partial charge in [-0.1, -0.05) is 25.8 Å². The normalized spacial score (nSPS) is 24.2. The summed E-state index contributed by atoms with van der Waals surface area (Å²) in [4.78, 5) is 0. The van der Waals surface area contributed by atoms with Crippen LogP contribution >= 0.6 is 0 Å². The van der Waals surface area contributed by atoms with Crippen molar-refractivity contribution in [1.29, 1.82) is 0 Å². The van der Waals surface area contributed by atoms with E-state index in [4.69, 9.17) is 0 Å². The number of rotatable bonds is 4. The molecule has 2 rings (SSSR count). The molecule has 0 spiro atoms. The molecule has 1 aliphatic rings. The predicted octanol–water partition coefficient (Wildman–Crippen LogP) is 3.88. The summed E-state index contributed by atoms with van der Waals surface area (Å²) in [5.74, 6) is 0.544. The zero-order valence-corrected chi connectivity index (χ0v) is 10.9. The third-order valence-corrected chi connectivity index (χ3v) is 3.81. The summed E-state index contributed by atoms with van der Waals surface area (Å²) in [7, 11) is 0. The summed E-state index contributed by atoms with van der Waals surface area (Å²) in [6.07, 6.45) is 5.17. The number of hydrogen-bond acceptors (Lipinski definition) is 1. The predicted molar refractivity (Wildman–Crippen MR) is 69.2 cm³/mol. The molecule has 1 aromatic carbocycles. The molecule has 3 heteroatoms. The van der Waals surface area contributed by atoms with E-state index in [1.165, 1.54) is 37.8 Å². The number of hydrogen-bond donors (Lipinski definition) is 1. The lowest BCUT2D eigenvalue weighted by molar-refractivity contribution is 0.274. The number of nitrogens with one attached hydrogen (secondary N) is 1. The van der Waals surface area contributed by atoms with E-state index in [2.05, 4.69) is 12.2 Å². The average Bonchev–Trinajstić information content (AvgIpc) is 2.32. The van der Waals surface area contributed by atoms with Crippen LogP contribution in [0.2, 0.25) is 0 Å². The highest BCUT2D eigenvalue weighted by atomic mass is 19.1. The summed E-state index contributed by atoms with van der Waals surface area (Å²) in [6, 6.07) is 3.77. The van der Waals surface area contributed by atoms with Gasteiger partial charge in [0, 0.05) is 18.2 Å². The van der Waals surface area contributed by atoms with Gasteiger partial charge in [0.05, 0.1) is 0 Å². The maximum atomic E-state index is 13.4. The quantitative estimate of drug-likeness (QED) is 0.858. The lowest BCUT2D eigenvalue weighted by Crippen LogP contribution is -2.26. The molecule has 0 aromatic heterocycles. The molecule has 100 valence electrons. The van der Waals surface area contributed by atoms with Crippen molar-refractivity contribution < 1.29 is 8.78 Å². The Balaban J connectivity index is 1.77. The summed E-state index contributed by atoms with van der Waals surface area (Å²) in [6.45, 7) is 3.71. The fraction of sp³-hybridized carbons (Fsp3) is 0.600. The second-order valence-electron chi connectivity index (χ2n) is 5.50. The van der Waals surface area contributed by atoms with Crippen molar-refractivity contribution in [2.24, 2.45) is 11.8 Å². The lowest BCUT2D eigenvalue weighted by Gasteiger charge is -2.26. The second kappa shape index (κ2) is 6.28. The van der Waals surface area contributed by atoms with Crippen LogP contribution < -0.4 is 5.32 Å². The Bertz CT molecular complexity index is 392. The largest absolute Gasteiger partial charge is 0.312 e. The minimum absolute atomic E-state index is 0.459. The molecule has 2 unspecified atom stereocenters. The maximum absolute atomic E-state index is 13.4. The molecule has 1 saturated carbocycles. The van der Waals surface area contributed by atoms with Crippen molar-refractivity contribution >= 4 is 0 Å². The van der Waals surface area contributed by atoms with Crippen LogP contribution in [0.4, 0.5) is 8.78 Å². The van der Waals surface area contributed by atoms with Gasteiger partial charge in [-0.15, -0.1) is 0 Å². The van der Waals surface area contributed by atoms with Gasteiger partial charge >= 0.3 is 0 Å². The van der Waals surface area contributed by atoms with Gasteiger partial charge in [0.15, 0.2) is 0 Å². The van der Waals surface area contributed by atoms with E-state index in [0.29, 0.717) is 18.0 Å². The molecule has 0 radical (unpaired) electrons. The molecule has 0 amide bonds. The van der Waals surface area contributed by atoms with Crippen molar-refractivity contribution in [2.75, 3.05) is 6.54 Å². The van der Waals surface area contributed by atoms with Crippen molar-refractivity contribution in [3.63, 3.8) is 0 Å². The highest BCUT2D eigenvalue weighted by Gasteiger charge is 2.18. The minimum atomic E-state index is -0.516. The molecule has 1 aromatic rings. The van der Waals surface area contributed by atoms with Crippen LogP contribution in [0.15, 0.2) is 18.2 Å². The third kappa shape index (κ3) is 3.77. The third-order valence-electron chi connectivity index (χ3n) is 3.81. The van der Waals surface area contributed by atoms with Gasteiger partial charge in [0.25, 0.3) is 0 Å². The Morgan fingerprint density at radius 1 is 1.28 bits per heavy atom. The first-order valence-electron chi connectivity index (χ1n) is 6.80. The Morgan fingerprint density at radius 2 is 2.11 bits per heavy atom. The Kier molecular flexibility index (Phi) is 4.70. The van der Waals surface area contributed by atoms with Gasteiger partial charge in [-0.05, 0) is 37.3 Å². The molecular weight excluding hydrogens is 232 g/mol. The van der Waals surface area contributed by atoms with Crippen molar-refractivity contribution in [3.05, 3.63) is 35.4 Å². The minimum Gasteiger partial charge on any atom is -0.312 e. The van der Waals surface area contributed by atoms with E-state index in [1.807, 2.05) is 0 Å². The Labute approximate surface area is 108 Å². The molecule has 1 fully saturated rings. The molecule has 1 N–H and O–H groups in total. The fourth-order valence-electron chi connectivity index (χ4n) is 2.82. The first-order valence-corrected chi connectivity index (χ1v) is 6.80. The van der Waals surface area contributed by atoms with Gasteiger partial charge < -0.3 is 5.32 Å². The molecule has 0 heterocycles. The Morgan fingerprint density at radius 3 is 2.83 bits per heavy atom. The van der Waals surface area contributed by atoms with E-state index >= 15 is 0 Å². The summed E-state index contributed by atoms with van der Waals surface area (Å²) < 4.78 is 26.1. The molecule has 1 aliphatic carbocycles. The van der Waals surface area contributed by atoms with Crippen LogP contribution in [0.5, 0.6) is 0 Å². The first kappa shape index (κ1) is 13.5. The fourth-order valence-corrected chi connectivity index (χ4v) is 2.82. The molecule has 18 heavy (non-hydrogen) atoms. The van der Waals surface area contributed by atoms with Gasteiger partial charge in [0.1, 0.15) is 11.6 Å². The zero-order valence-electron chi connectivity index (χ0n) is 10.9. The van der Waals surface area contributed by atoms with Crippen LogP contribution in [0, 0.1) is 23.5 Å². The maximum Gasteiger partial charge on any atom is 0.130 e. The van der Waals surface area contributed by atoms with E-state index < -0.39 is 11.6 Å². The number of halogens is 2. The van der Waals surface area contributed by atoms with E-state index in [-0.39, 0.29) is 0 Å². The van der Waals surface area contributed by atoms with Crippen molar-refractivity contribution in [3.8, 4) is 0 Å².